The second kappa shape index (κ2) is 4.74. The molecule has 2 heteroatoms. The molecule has 0 amide bonds. The minimum Gasteiger partial charge on any atom is -0.222 e. The fourth-order valence-electron chi connectivity index (χ4n) is 5.63. The second-order valence-corrected chi connectivity index (χ2v) is 7.77. The van der Waals surface area contributed by atoms with Gasteiger partial charge in [-0.25, -0.2) is 9.98 Å². The molecule has 0 N–H and O–H groups in total. The van der Waals surface area contributed by atoms with E-state index in [-0.39, 0.29) is 5.54 Å². The van der Waals surface area contributed by atoms with Crippen molar-refractivity contribution in [3.63, 3.8) is 0 Å². The number of aliphatic imine (C=N–C) groups is 2. The van der Waals surface area contributed by atoms with Crippen molar-refractivity contribution >= 4 is 6.01 Å². The van der Waals surface area contributed by atoms with E-state index in [9.17, 15) is 0 Å². The molecule has 0 aromatic carbocycles. The molecule has 0 aliphatic heterocycles. The topological polar surface area (TPSA) is 24.7 Å². The summed E-state index contributed by atoms with van der Waals surface area (Å²) in [5.41, 5.74) is 0.271. The van der Waals surface area contributed by atoms with Gasteiger partial charge in [-0.05, 0) is 69.1 Å². The molecule has 0 aromatic rings. The lowest BCUT2D eigenvalue weighted by molar-refractivity contribution is 0.00198. The Balaban J connectivity index is 1.48. The Kier molecular flexibility index (Phi) is 3.03. The molecule has 5 rings (SSSR count). The van der Waals surface area contributed by atoms with Crippen LogP contribution in [0.5, 0.6) is 0 Å². The second-order valence-electron chi connectivity index (χ2n) is 7.77. The SMILES string of the molecule is C(=NC1CCCCC1)=NC12CC3CC(CC(C3)C1)C2. The molecular formula is C17H26N2. The van der Waals surface area contributed by atoms with Crippen molar-refractivity contribution in [2.45, 2.75) is 82.2 Å². The monoisotopic (exact) mass is 258 g/mol. The van der Waals surface area contributed by atoms with E-state index in [0.717, 1.165) is 17.8 Å². The van der Waals surface area contributed by atoms with Crippen molar-refractivity contribution in [3.05, 3.63) is 0 Å². The zero-order chi connectivity index (χ0) is 12.7. The molecule has 0 saturated heterocycles. The first-order chi connectivity index (χ1) is 9.31. The molecular weight excluding hydrogens is 232 g/mol. The van der Waals surface area contributed by atoms with E-state index in [4.69, 9.17) is 4.99 Å². The van der Waals surface area contributed by atoms with Gasteiger partial charge in [0.15, 0.2) is 0 Å². The average Bonchev–Trinajstić information content (AvgIpc) is 2.38. The summed E-state index contributed by atoms with van der Waals surface area (Å²) in [6.45, 7) is 0. The third-order valence-electron chi connectivity index (χ3n) is 6.11. The van der Waals surface area contributed by atoms with Crippen LogP contribution in [0.15, 0.2) is 9.98 Å². The molecule has 0 heterocycles. The van der Waals surface area contributed by atoms with E-state index >= 15 is 0 Å². The Morgan fingerprint density at radius 2 is 1.37 bits per heavy atom. The van der Waals surface area contributed by atoms with Gasteiger partial charge in [0, 0.05) is 0 Å². The number of nitrogens with zero attached hydrogens (tertiary/aromatic N) is 2. The van der Waals surface area contributed by atoms with E-state index in [0.29, 0.717) is 6.04 Å². The molecule has 0 radical (unpaired) electrons. The van der Waals surface area contributed by atoms with E-state index in [1.165, 1.54) is 70.6 Å². The standard InChI is InChI=1S/C17H26N2/c1-2-4-16(5-3-1)18-12-19-17-9-13-6-14(10-17)8-15(7-13)11-17/h13-16H,1-11H2. The van der Waals surface area contributed by atoms with Gasteiger partial charge in [0.25, 0.3) is 0 Å². The number of rotatable bonds is 2. The van der Waals surface area contributed by atoms with Crippen LogP contribution in [0.3, 0.4) is 0 Å². The maximum atomic E-state index is 4.89. The molecule has 104 valence electrons. The van der Waals surface area contributed by atoms with Gasteiger partial charge in [-0.1, -0.05) is 19.3 Å². The van der Waals surface area contributed by atoms with Gasteiger partial charge in [-0.3, -0.25) is 0 Å². The van der Waals surface area contributed by atoms with Gasteiger partial charge in [-0.2, -0.15) is 0 Å². The highest BCUT2D eigenvalue weighted by molar-refractivity contribution is 5.43. The maximum Gasteiger partial charge on any atom is 0.0901 e. The lowest BCUT2D eigenvalue weighted by Gasteiger charge is -2.54. The molecule has 19 heavy (non-hydrogen) atoms. The largest absolute Gasteiger partial charge is 0.222 e. The molecule has 5 aliphatic carbocycles. The molecule has 5 saturated carbocycles. The fraction of sp³-hybridized carbons (Fsp3) is 0.941. The molecule has 2 nitrogen and oxygen atoms in total. The first-order valence-corrected chi connectivity index (χ1v) is 8.48. The van der Waals surface area contributed by atoms with Crippen LogP contribution in [-0.2, 0) is 0 Å². The van der Waals surface area contributed by atoms with Crippen LogP contribution in [0.1, 0.15) is 70.6 Å². The predicted octanol–water partition coefficient (Wildman–Crippen LogP) is 4.46. The molecule has 0 aromatic heterocycles. The van der Waals surface area contributed by atoms with Crippen LogP contribution in [0.4, 0.5) is 0 Å². The van der Waals surface area contributed by atoms with Crippen LogP contribution in [-0.4, -0.2) is 17.6 Å². The summed E-state index contributed by atoms with van der Waals surface area (Å²) < 4.78 is 0. The molecule has 0 spiro atoms. The first-order valence-electron chi connectivity index (χ1n) is 8.48. The summed E-state index contributed by atoms with van der Waals surface area (Å²) in [7, 11) is 0. The van der Waals surface area contributed by atoms with Crippen molar-refractivity contribution in [1.82, 2.24) is 0 Å². The minimum atomic E-state index is 0.271. The summed E-state index contributed by atoms with van der Waals surface area (Å²) in [4.78, 5) is 9.54. The number of hydrogen-bond acceptors (Lipinski definition) is 2. The summed E-state index contributed by atoms with van der Waals surface area (Å²) in [6.07, 6.45) is 15.1. The van der Waals surface area contributed by atoms with Crippen molar-refractivity contribution in [2.24, 2.45) is 27.7 Å². The molecule has 5 fully saturated rings. The van der Waals surface area contributed by atoms with Crippen molar-refractivity contribution in [3.8, 4) is 0 Å². The Labute approximate surface area is 116 Å². The van der Waals surface area contributed by atoms with Crippen LogP contribution >= 0.6 is 0 Å². The lowest BCUT2D eigenvalue weighted by Crippen LogP contribution is -2.49. The van der Waals surface area contributed by atoms with Gasteiger partial charge in [-0.15, -0.1) is 0 Å². The zero-order valence-electron chi connectivity index (χ0n) is 12.0. The summed E-state index contributed by atoms with van der Waals surface area (Å²) in [6, 6.07) is 3.70. The summed E-state index contributed by atoms with van der Waals surface area (Å²) in [5, 5.41) is 0. The highest BCUT2D eigenvalue weighted by Crippen LogP contribution is 2.57. The molecule has 5 aliphatic rings. The van der Waals surface area contributed by atoms with Crippen LogP contribution in [0.2, 0.25) is 0 Å². The fourth-order valence-corrected chi connectivity index (χ4v) is 5.63. The van der Waals surface area contributed by atoms with E-state index in [1.54, 1.807) is 0 Å². The third-order valence-corrected chi connectivity index (χ3v) is 6.11. The van der Waals surface area contributed by atoms with E-state index in [2.05, 4.69) is 11.0 Å². The van der Waals surface area contributed by atoms with E-state index in [1.807, 2.05) is 0 Å². The van der Waals surface area contributed by atoms with Crippen molar-refractivity contribution in [1.29, 1.82) is 0 Å². The maximum absolute atomic E-state index is 4.89. The Morgan fingerprint density at radius 1 is 0.789 bits per heavy atom. The van der Waals surface area contributed by atoms with Gasteiger partial charge in [0.1, 0.15) is 0 Å². The molecule has 0 atom stereocenters. The smallest absolute Gasteiger partial charge is 0.0901 e. The van der Waals surface area contributed by atoms with Crippen molar-refractivity contribution in [2.75, 3.05) is 0 Å². The summed E-state index contributed by atoms with van der Waals surface area (Å²) in [5.74, 6) is 2.93. The predicted molar refractivity (Wildman–Crippen MR) is 77.6 cm³/mol. The summed E-state index contributed by atoms with van der Waals surface area (Å²) >= 11 is 0. The Morgan fingerprint density at radius 3 is 1.95 bits per heavy atom. The Hall–Kier alpha value is -0.620. The third kappa shape index (κ3) is 2.40. The van der Waals surface area contributed by atoms with Crippen molar-refractivity contribution < 1.29 is 0 Å². The van der Waals surface area contributed by atoms with Crippen LogP contribution < -0.4 is 0 Å². The quantitative estimate of drug-likeness (QED) is 0.653. The molecule has 4 bridgehead atoms. The van der Waals surface area contributed by atoms with Crippen LogP contribution in [0.25, 0.3) is 0 Å². The highest BCUT2D eigenvalue weighted by atomic mass is 14.9. The Bertz CT molecular complexity index is 364. The van der Waals surface area contributed by atoms with E-state index < -0.39 is 0 Å². The van der Waals surface area contributed by atoms with Gasteiger partial charge in [0.05, 0.1) is 17.6 Å². The average molecular weight is 258 g/mol. The van der Waals surface area contributed by atoms with Gasteiger partial charge < -0.3 is 0 Å². The minimum absolute atomic E-state index is 0.271. The van der Waals surface area contributed by atoms with Crippen LogP contribution in [0, 0.1) is 17.8 Å². The first kappa shape index (κ1) is 12.1. The molecule has 0 unspecified atom stereocenters. The van der Waals surface area contributed by atoms with Gasteiger partial charge in [0.2, 0.25) is 0 Å². The zero-order valence-corrected chi connectivity index (χ0v) is 12.0. The highest BCUT2D eigenvalue weighted by Gasteiger charge is 2.51. The number of hydrogen-bond donors (Lipinski definition) is 0. The normalized spacial score (nSPS) is 44.9. The van der Waals surface area contributed by atoms with Gasteiger partial charge >= 0.3 is 0 Å². The lowest BCUT2D eigenvalue weighted by atomic mass is 9.53.